The third kappa shape index (κ3) is 2.50. The molecule has 1 aromatic rings. The fourth-order valence-electron chi connectivity index (χ4n) is 2.35. The van der Waals surface area contributed by atoms with Gasteiger partial charge in [0, 0.05) is 17.4 Å². The van der Waals surface area contributed by atoms with E-state index in [0.717, 1.165) is 16.9 Å². The molecule has 2 amide bonds. The number of Topliss-reactive ketones (excluding diaryl/α,β-unsaturated/α-hetero) is 1. The quantitative estimate of drug-likeness (QED) is 0.623. The molecule has 0 aromatic heterocycles. The highest BCUT2D eigenvalue weighted by Crippen LogP contribution is 2.25. The largest absolute Gasteiger partial charge is 0.292 e. The zero-order valence-corrected chi connectivity index (χ0v) is 12.1. The summed E-state index contributed by atoms with van der Waals surface area (Å²) in [4.78, 5) is 37.1. The average Bonchev–Trinajstić information content (AvgIpc) is 2.65. The Kier molecular flexibility index (Phi) is 4.02. The summed E-state index contributed by atoms with van der Waals surface area (Å²) in [6.07, 6.45) is 0.909. The van der Waals surface area contributed by atoms with E-state index in [-0.39, 0.29) is 36.0 Å². The van der Waals surface area contributed by atoms with Gasteiger partial charge in [-0.3, -0.25) is 19.3 Å². The molecule has 0 N–H and O–H groups in total. The fraction of sp³-hybridized carbons (Fsp3) is 0.438. The maximum atomic E-state index is 12.2. The Morgan fingerprint density at radius 1 is 1.05 bits per heavy atom. The van der Waals surface area contributed by atoms with Crippen molar-refractivity contribution >= 4 is 17.6 Å². The van der Waals surface area contributed by atoms with Crippen LogP contribution >= 0.6 is 0 Å². The molecule has 0 aliphatic carbocycles. The summed E-state index contributed by atoms with van der Waals surface area (Å²) in [6, 6.07) is 7.29. The highest BCUT2D eigenvalue weighted by Gasteiger charge is 2.42. The van der Waals surface area contributed by atoms with E-state index in [0.29, 0.717) is 5.56 Å². The van der Waals surface area contributed by atoms with E-state index in [1.165, 1.54) is 0 Å². The van der Waals surface area contributed by atoms with Crippen molar-refractivity contribution in [1.82, 2.24) is 4.90 Å². The number of aryl methyl sites for hydroxylation is 1. The van der Waals surface area contributed by atoms with Crippen molar-refractivity contribution in [1.29, 1.82) is 0 Å². The summed E-state index contributed by atoms with van der Waals surface area (Å²) in [5.74, 6) is -1.37. The maximum Gasteiger partial charge on any atom is 0.233 e. The van der Waals surface area contributed by atoms with Crippen LogP contribution in [0.25, 0.3) is 0 Å². The fourth-order valence-corrected chi connectivity index (χ4v) is 2.35. The van der Waals surface area contributed by atoms with Gasteiger partial charge in [-0.1, -0.05) is 45.0 Å². The van der Waals surface area contributed by atoms with Crippen LogP contribution in [0.4, 0.5) is 0 Å². The number of carbonyl (C=O) groups excluding carboxylic acids is 3. The van der Waals surface area contributed by atoms with Crippen LogP contribution in [0.3, 0.4) is 0 Å². The van der Waals surface area contributed by atoms with Gasteiger partial charge in [0.15, 0.2) is 5.78 Å². The molecule has 1 heterocycles. The molecule has 1 aliphatic heterocycles. The minimum Gasteiger partial charge on any atom is -0.292 e. The zero-order valence-electron chi connectivity index (χ0n) is 12.1. The van der Waals surface area contributed by atoms with Gasteiger partial charge in [0.1, 0.15) is 0 Å². The summed E-state index contributed by atoms with van der Waals surface area (Å²) < 4.78 is 0. The molecular formula is C16H19NO3. The van der Waals surface area contributed by atoms with E-state index in [1.54, 1.807) is 26.0 Å². The molecule has 0 bridgehead atoms. The van der Waals surface area contributed by atoms with Crippen LogP contribution in [-0.4, -0.2) is 29.0 Å². The molecule has 20 heavy (non-hydrogen) atoms. The van der Waals surface area contributed by atoms with Crippen LogP contribution in [0.15, 0.2) is 24.3 Å². The summed E-state index contributed by atoms with van der Waals surface area (Å²) in [6.45, 7) is 5.34. The smallest absolute Gasteiger partial charge is 0.233 e. The molecule has 2 rings (SSSR count). The van der Waals surface area contributed by atoms with E-state index >= 15 is 0 Å². The first-order valence-electron chi connectivity index (χ1n) is 6.93. The lowest BCUT2D eigenvalue weighted by Crippen LogP contribution is -2.35. The standard InChI is InChI=1S/C16H19NO3/c1-4-12-5-7-13(8-6-12)14(18)9-17-15(19)10(2)11(3)16(17)20/h5-8,10-11H,4,9H2,1-3H3. The lowest BCUT2D eigenvalue weighted by molar-refractivity contribution is -0.139. The number of amides is 2. The number of rotatable bonds is 4. The van der Waals surface area contributed by atoms with Crippen molar-refractivity contribution in [3.05, 3.63) is 35.4 Å². The number of likely N-dealkylation sites (tertiary alicyclic amines) is 1. The van der Waals surface area contributed by atoms with Gasteiger partial charge in [0.25, 0.3) is 0 Å². The Labute approximate surface area is 118 Å². The van der Waals surface area contributed by atoms with Crippen molar-refractivity contribution < 1.29 is 14.4 Å². The van der Waals surface area contributed by atoms with Crippen molar-refractivity contribution in [2.75, 3.05) is 6.54 Å². The minimum atomic E-state index is -0.335. The monoisotopic (exact) mass is 273 g/mol. The van der Waals surface area contributed by atoms with Gasteiger partial charge < -0.3 is 0 Å². The van der Waals surface area contributed by atoms with E-state index < -0.39 is 0 Å². The number of hydrogen-bond donors (Lipinski definition) is 0. The third-order valence-electron chi connectivity index (χ3n) is 4.05. The van der Waals surface area contributed by atoms with E-state index in [9.17, 15) is 14.4 Å². The van der Waals surface area contributed by atoms with E-state index in [1.807, 2.05) is 19.1 Å². The van der Waals surface area contributed by atoms with Crippen LogP contribution in [-0.2, 0) is 16.0 Å². The lowest BCUT2D eigenvalue weighted by atomic mass is 10.00. The number of carbonyl (C=O) groups is 3. The highest BCUT2D eigenvalue weighted by molar-refractivity contribution is 6.09. The lowest BCUT2D eigenvalue weighted by Gasteiger charge is -2.13. The van der Waals surface area contributed by atoms with Crippen LogP contribution < -0.4 is 0 Å². The zero-order chi connectivity index (χ0) is 14.9. The van der Waals surface area contributed by atoms with Gasteiger partial charge in [-0.05, 0) is 12.0 Å². The Morgan fingerprint density at radius 2 is 1.55 bits per heavy atom. The van der Waals surface area contributed by atoms with Gasteiger partial charge in [0.2, 0.25) is 11.8 Å². The highest BCUT2D eigenvalue weighted by atomic mass is 16.2. The molecule has 4 nitrogen and oxygen atoms in total. The SMILES string of the molecule is CCc1ccc(C(=O)CN2C(=O)C(C)C(C)C2=O)cc1. The third-order valence-corrected chi connectivity index (χ3v) is 4.05. The second-order valence-corrected chi connectivity index (χ2v) is 5.31. The van der Waals surface area contributed by atoms with Gasteiger partial charge in [-0.2, -0.15) is 0 Å². The van der Waals surface area contributed by atoms with Crippen LogP contribution in [0, 0.1) is 11.8 Å². The number of benzene rings is 1. The number of hydrogen-bond acceptors (Lipinski definition) is 3. The van der Waals surface area contributed by atoms with Crippen molar-refractivity contribution in [2.45, 2.75) is 27.2 Å². The van der Waals surface area contributed by atoms with Crippen molar-refractivity contribution in [3.8, 4) is 0 Å². The second-order valence-electron chi connectivity index (χ2n) is 5.31. The topological polar surface area (TPSA) is 54.5 Å². The van der Waals surface area contributed by atoms with Crippen LogP contribution in [0.2, 0.25) is 0 Å². The van der Waals surface area contributed by atoms with Crippen molar-refractivity contribution in [2.24, 2.45) is 11.8 Å². The molecule has 1 fully saturated rings. The molecule has 0 radical (unpaired) electrons. The normalized spacial score (nSPS) is 22.4. The summed E-state index contributed by atoms with van der Waals surface area (Å²) in [7, 11) is 0. The molecule has 0 spiro atoms. The Morgan fingerprint density at radius 3 is 2.00 bits per heavy atom. The summed E-state index contributed by atoms with van der Waals surface area (Å²) in [5.41, 5.74) is 1.69. The van der Waals surface area contributed by atoms with Crippen LogP contribution in [0.5, 0.6) is 0 Å². The summed E-state index contributed by atoms with van der Waals surface area (Å²) in [5, 5.41) is 0. The second kappa shape index (κ2) is 5.57. The predicted molar refractivity (Wildman–Crippen MR) is 75.2 cm³/mol. The van der Waals surface area contributed by atoms with Crippen molar-refractivity contribution in [3.63, 3.8) is 0 Å². The van der Waals surface area contributed by atoms with E-state index in [2.05, 4.69) is 0 Å². The number of nitrogens with zero attached hydrogens (tertiary/aromatic N) is 1. The minimum absolute atomic E-state index is 0.155. The van der Waals surface area contributed by atoms with Gasteiger partial charge in [-0.25, -0.2) is 0 Å². The molecule has 0 saturated carbocycles. The molecule has 4 heteroatoms. The van der Waals surface area contributed by atoms with Gasteiger partial charge in [-0.15, -0.1) is 0 Å². The number of imide groups is 1. The molecule has 1 aliphatic rings. The summed E-state index contributed by atoms with van der Waals surface area (Å²) >= 11 is 0. The Balaban J connectivity index is 2.11. The first-order valence-corrected chi connectivity index (χ1v) is 6.93. The Hall–Kier alpha value is -1.97. The molecule has 1 saturated heterocycles. The predicted octanol–water partition coefficient (Wildman–Crippen LogP) is 2.07. The maximum absolute atomic E-state index is 12.2. The van der Waals surface area contributed by atoms with Gasteiger partial charge >= 0.3 is 0 Å². The van der Waals surface area contributed by atoms with Crippen LogP contribution in [0.1, 0.15) is 36.7 Å². The van der Waals surface area contributed by atoms with Gasteiger partial charge in [0.05, 0.1) is 6.54 Å². The molecule has 106 valence electrons. The number of ketones is 1. The molecule has 2 atom stereocenters. The average molecular weight is 273 g/mol. The first kappa shape index (κ1) is 14.4. The van der Waals surface area contributed by atoms with E-state index in [4.69, 9.17) is 0 Å². The first-order chi connectivity index (χ1) is 9.45. The molecule has 1 aromatic carbocycles. The molecular weight excluding hydrogens is 254 g/mol. The Bertz CT molecular complexity index is 527. The molecule has 2 unspecified atom stereocenters.